The van der Waals surface area contributed by atoms with Gasteiger partial charge in [-0.2, -0.15) is 13.5 Å². The van der Waals surface area contributed by atoms with E-state index in [1.165, 1.54) is 23.3 Å². The van der Waals surface area contributed by atoms with Gasteiger partial charge in [-0.1, -0.05) is 0 Å². The number of aryl methyl sites for hydroxylation is 2. The van der Waals surface area contributed by atoms with Crippen molar-refractivity contribution in [2.45, 2.75) is 39.5 Å². The maximum absolute atomic E-state index is 12.3. The third-order valence-corrected chi connectivity index (χ3v) is 4.44. The van der Waals surface area contributed by atoms with Crippen molar-refractivity contribution in [3.63, 3.8) is 0 Å². The summed E-state index contributed by atoms with van der Waals surface area (Å²) in [7, 11) is -2.09. The Bertz CT molecular complexity index is 825. The average Bonchev–Trinajstić information content (AvgIpc) is 3.02. The monoisotopic (exact) mass is 355 g/mol. The summed E-state index contributed by atoms with van der Waals surface area (Å²) in [5, 5.41) is 3.88. The fraction of sp³-hybridized carbons (Fsp3) is 0.500. The number of carbonyl (C=O) groups is 1. The Morgan fingerprint density at radius 1 is 1.33 bits per heavy atom. The lowest BCUT2D eigenvalue weighted by molar-refractivity contribution is -0.157. The molecule has 2 rings (SSSR count). The van der Waals surface area contributed by atoms with Gasteiger partial charge in [0.25, 0.3) is 10.0 Å². The molecule has 0 saturated carbocycles. The highest BCUT2D eigenvalue weighted by molar-refractivity contribution is 7.92. The standard InChI is InChI=1S/C14H21N5O4S/c1-10-16-12(8-18(10)5)24(21,22)17-11-6-15-19(7-11)9-23-13(20)14(2,3)4/h6-8,17H,9H2,1-5H3. The van der Waals surface area contributed by atoms with Crippen LogP contribution in [0.15, 0.2) is 23.6 Å². The highest BCUT2D eigenvalue weighted by Gasteiger charge is 2.23. The number of hydrogen-bond acceptors (Lipinski definition) is 6. The van der Waals surface area contributed by atoms with E-state index in [9.17, 15) is 13.2 Å². The number of esters is 1. The topological polar surface area (TPSA) is 108 Å². The van der Waals surface area contributed by atoms with E-state index >= 15 is 0 Å². The fourth-order valence-corrected chi connectivity index (χ4v) is 2.76. The zero-order chi connectivity index (χ0) is 18.1. The Labute approximate surface area is 140 Å². The van der Waals surface area contributed by atoms with E-state index in [0.29, 0.717) is 5.82 Å². The Balaban J connectivity index is 2.04. The lowest BCUT2D eigenvalue weighted by atomic mass is 9.98. The van der Waals surface area contributed by atoms with Gasteiger partial charge in [0.2, 0.25) is 0 Å². The molecule has 0 unspecified atom stereocenters. The van der Waals surface area contributed by atoms with E-state index in [0.717, 1.165) is 0 Å². The van der Waals surface area contributed by atoms with Crippen molar-refractivity contribution < 1.29 is 17.9 Å². The molecule has 0 fully saturated rings. The van der Waals surface area contributed by atoms with E-state index in [2.05, 4.69) is 14.8 Å². The van der Waals surface area contributed by atoms with Gasteiger partial charge in [0.1, 0.15) is 5.82 Å². The molecule has 9 nitrogen and oxygen atoms in total. The minimum atomic E-state index is -3.80. The summed E-state index contributed by atoms with van der Waals surface area (Å²) in [6, 6.07) is 0. The minimum absolute atomic E-state index is 0.0746. The van der Waals surface area contributed by atoms with Crippen molar-refractivity contribution >= 4 is 21.7 Å². The van der Waals surface area contributed by atoms with E-state index < -0.39 is 15.4 Å². The number of nitrogens with one attached hydrogen (secondary N) is 1. The van der Waals surface area contributed by atoms with Gasteiger partial charge in [0.05, 0.1) is 23.5 Å². The molecule has 0 radical (unpaired) electrons. The summed E-state index contributed by atoms with van der Waals surface area (Å²) in [5.74, 6) is 0.212. The zero-order valence-corrected chi connectivity index (χ0v) is 15.1. The smallest absolute Gasteiger partial charge is 0.313 e. The molecular formula is C14H21N5O4S. The van der Waals surface area contributed by atoms with Crippen LogP contribution in [0.4, 0.5) is 5.69 Å². The normalized spacial score (nSPS) is 12.2. The largest absolute Gasteiger partial charge is 0.442 e. The molecule has 0 aliphatic heterocycles. The van der Waals surface area contributed by atoms with Crippen LogP contribution in [-0.4, -0.2) is 33.7 Å². The summed E-state index contributed by atoms with van der Waals surface area (Å²) in [6.07, 6.45) is 4.19. The van der Waals surface area contributed by atoms with Crippen molar-refractivity contribution in [3.05, 3.63) is 24.4 Å². The third kappa shape index (κ3) is 4.13. The molecule has 2 heterocycles. The molecule has 0 aliphatic rings. The summed E-state index contributed by atoms with van der Waals surface area (Å²) >= 11 is 0. The molecule has 0 aromatic carbocycles. The van der Waals surface area contributed by atoms with Gasteiger partial charge >= 0.3 is 5.97 Å². The van der Waals surface area contributed by atoms with Gasteiger partial charge < -0.3 is 9.30 Å². The molecule has 1 N–H and O–H groups in total. The average molecular weight is 355 g/mol. The van der Waals surface area contributed by atoms with E-state index in [1.54, 1.807) is 39.3 Å². The number of anilines is 1. The van der Waals surface area contributed by atoms with Crippen molar-refractivity contribution in [3.8, 4) is 0 Å². The Morgan fingerprint density at radius 2 is 2.00 bits per heavy atom. The van der Waals surface area contributed by atoms with Crippen molar-refractivity contribution in [2.75, 3.05) is 4.72 Å². The third-order valence-electron chi connectivity index (χ3n) is 3.19. The van der Waals surface area contributed by atoms with Crippen LogP contribution in [0.25, 0.3) is 0 Å². The highest BCUT2D eigenvalue weighted by atomic mass is 32.2. The number of ether oxygens (including phenoxy) is 1. The molecule has 0 amide bonds. The van der Waals surface area contributed by atoms with Crippen LogP contribution in [0.1, 0.15) is 26.6 Å². The predicted molar refractivity (Wildman–Crippen MR) is 86.5 cm³/mol. The number of sulfonamides is 1. The summed E-state index contributed by atoms with van der Waals surface area (Å²) in [5.41, 5.74) is -0.362. The molecule has 24 heavy (non-hydrogen) atoms. The van der Waals surface area contributed by atoms with Gasteiger partial charge in [0.15, 0.2) is 11.8 Å². The summed E-state index contributed by atoms with van der Waals surface area (Å²) in [4.78, 5) is 15.7. The first-order valence-corrected chi connectivity index (χ1v) is 8.70. The number of carbonyl (C=O) groups excluding carboxylic acids is 1. The first-order chi connectivity index (χ1) is 11.0. The van der Waals surface area contributed by atoms with Crippen LogP contribution in [0.3, 0.4) is 0 Å². The van der Waals surface area contributed by atoms with Crippen LogP contribution >= 0.6 is 0 Å². The quantitative estimate of drug-likeness (QED) is 0.809. The van der Waals surface area contributed by atoms with Crippen LogP contribution in [0.2, 0.25) is 0 Å². The second-order valence-corrected chi connectivity index (χ2v) is 8.05. The van der Waals surface area contributed by atoms with Crippen molar-refractivity contribution in [1.82, 2.24) is 19.3 Å². The molecule has 0 aliphatic carbocycles. The van der Waals surface area contributed by atoms with Crippen molar-refractivity contribution in [1.29, 1.82) is 0 Å². The second-order valence-electron chi connectivity index (χ2n) is 6.42. The van der Waals surface area contributed by atoms with E-state index in [1.807, 2.05) is 0 Å². The van der Waals surface area contributed by atoms with E-state index in [4.69, 9.17) is 4.74 Å². The minimum Gasteiger partial charge on any atom is -0.442 e. The van der Waals surface area contributed by atoms with Gasteiger partial charge in [-0.3, -0.25) is 9.52 Å². The predicted octanol–water partition coefficient (Wildman–Crippen LogP) is 1.27. The lowest BCUT2D eigenvalue weighted by Gasteiger charge is -2.16. The van der Waals surface area contributed by atoms with Gasteiger partial charge in [-0.25, -0.2) is 9.67 Å². The molecule has 2 aromatic rings. The number of imidazole rings is 1. The van der Waals surface area contributed by atoms with E-state index in [-0.39, 0.29) is 23.4 Å². The molecular weight excluding hydrogens is 334 g/mol. The molecule has 2 aromatic heterocycles. The number of nitrogens with zero attached hydrogens (tertiary/aromatic N) is 4. The maximum Gasteiger partial charge on any atom is 0.313 e. The Hall–Kier alpha value is -2.36. The fourth-order valence-electron chi connectivity index (χ4n) is 1.69. The number of aromatic nitrogens is 4. The summed E-state index contributed by atoms with van der Waals surface area (Å²) in [6.45, 7) is 6.84. The van der Waals surface area contributed by atoms with Gasteiger partial charge in [-0.05, 0) is 27.7 Å². The van der Waals surface area contributed by atoms with Crippen molar-refractivity contribution in [2.24, 2.45) is 12.5 Å². The first-order valence-electron chi connectivity index (χ1n) is 7.21. The highest BCUT2D eigenvalue weighted by Crippen LogP contribution is 2.17. The summed E-state index contributed by atoms with van der Waals surface area (Å²) < 4.78 is 35.0. The molecule has 10 heteroatoms. The number of hydrogen-bond donors (Lipinski definition) is 1. The Kier molecular flexibility index (Phi) is 4.70. The zero-order valence-electron chi connectivity index (χ0n) is 14.3. The molecule has 0 bridgehead atoms. The van der Waals surface area contributed by atoms with Crippen LogP contribution in [-0.2, 0) is 33.3 Å². The molecule has 0 saturated heterocycles. The van der Waals surface area contributed by atoms with Crippen LogP contribution in [0, 0.1) is 12.3 Å². The Morgan fingerprint density at radius 3 is 2.54 bits per heavy atom. The number of rotatable bonds is 5. The second kappa shape index (κ2) is 6.27. The maximum atomic E-state index is 12.3. The lowest BCUT2D eigenvalue weighted by Crippen LogP contribution is -2.24. The molecule has 0 spiro atoms. The first kappa shape index (κ1) is 18.0. The van der Waals surface area contributed by atoms with Gasteiger partial charge in [-0.15, -0.1) is 0 Å². The van der Waals surface area contributed by atoms with Crippen LogP contribution in [0.5, 0.6) is 0 Å². The van der Waals surface area contributed by atoms with Gasteiger partial charge in [0, 0.05) is 13.2 Å². The molecule has 132 valence electrons. The SMILES string of the molecule is Cc1nc(S(=O)(=O)Nc2cnn(COC(=O)C(C)(C)C)c2)cn1C. The molecule has 0 atom stereocenters. The van der Waals surface area contributed by atoms with Crippen LogP contribution < -0.4 is 4.72 Å².